The highest BCUT2D eigenvalue weighted by Gasteiger charge is 2.20. The van der Waals surface area contributed by atoms with Crippen LogP contribution in [-0.2, 0) is 26.0 Å². The van der Waals surface area contributed by atoms with Crippen molar-refractivity contribution in [3.8, 4) is 10.4 Å². The Bertz CT molecular complexity index is 1210. The third kappa shape index (κ3) is 6.22. The number of ether oxygens (including phenoxy) is 1. The molecule has 10 heteroatoms. The second kappa shape index (κ2) is 10.0. The minimum absolute atomic E-state index is 0.0157. The number of halogens is 1. The molecule has 0 saturated carbocycles. The molecule has 168 valence electrons. The lowest BCUT2D eigenvalue weighted by Crippen LogP contribution is -2.36. The summed E-state index contributed by atoms with van der Waals surface area (Å²) in [6.07, 6.45) is -0.535. The number of esters is 1. The Hall–Kier alpha value is -3.08. The number of hydrogen-bond donors (Lipinski definition) is 2. The van der Waals surface area contributed by atoms with Crippen LogP contribution in [0.25, 0.3) is 10.4 Å². The number of carbonyl (C=O) groups excluding carboxylic acids is 2. The highest BCUT2D eigenvalue weighted by molar-refractivity contribution is 7.89. The second-order valence-corrected chi connectivity index (χ2v) is 9.59. The predicted molar refractivity (Wildman–Crippen MR) is 119 cm³/mol. The van der Waals surface area contributed by atoms with Gasteiger partial charge in [0.05, 0.1) is 4.90 Å². The summed E-state index contributed by atoms with van der Waals surface area (Å²) in [7, 11) is -3.75. The van der Waals surface area contributed by atoms with Gasteiger partial charge in [0, 0.05) is 11.4 Å². The first-order valence-corrected chi connectivity index (χ1v) is 12.0. The van der Waals surface area contributed by atoms with Crippen LogP contribution in [0.1, 0.15) is 22.2 Å². The first-order chi connectivity index (χ1) is 15.1. The molecule has 2 aromatic carbocycles. The van der Waals surface area contributed by atoms with E-state index in [9.17, 15) is 22.4 Å². The molecule has 1 amide bonds. The normalized spacial score (nSPS) is 12.2. The van der Waals surface area contributed by atoms with Crippen molar-refractivity contribution in [2.75, 3.05) is 6.54 Å². The van der Waals surface area contributed by atoms with Crippen molar-refractivity contribution < 1.29 is 27.1 Å². The van der Waals surface area contributed by atoms with Crippen LogP contribution in [0.2, 0.25) is 0 Å². The van der Waals surface area contributed by atoms with E-state index in [-0.39, 0.29) is 17.3 Å². The molecule has 0 spiro atoms. The standard InChI is InChI=1S/C22H21FN2O5S2/c1-14(21(26)25-13-12-15-2-8-18(9-3-15)32(24,28)29)30-22(27)20-11-10-19(31-20)16-4-6-17(23)7-5-16/h2-11,14H,12-13H2,1H3,(H,25,26)(H2,24,28,29). The van der Waals surface area contributed by atoms with E-state index in [1.165, 1.54) is 42.5 Å². The van der Waals surface area contributed by atoms with E-state index < -0.39 is 28.0 Å². The summed E-state index contributed by atoms with van der Waals surface area (Å²) in [5.74, 6) is -1.41. The first kappa shape index (κ1) is 23.6. The van der Waals surface area contributed by atoms with E-state index in [0.29, 0.717) is 11.3 Å². The molecule has 3 N–H and O–H groups in total. The van der Waals surface area contributed by atoms with Gasteiger partial charge in [0.25, 0.3) is 5.91 Å². The molecule has 0 fully saturated rings. The van der Waals surface area contributed by atoms with Gasteiger partial charge in [-0.05, 0) is 60.9 Å². The van der Waals surface area contributed by atoms with Gasteiger partial charge in [-0.2, -0.15) is 0 Å². The predicted octanol–water partition coefficient (Wildman–Crippen LogP) is 3.11. The molecular weight excluding hydrogens is 455 g/mol. The van der Waals surface area contributed by atoms with Crippen molar-refractivity contribution in [3.63, 3.8) is 0 Å². The molecule has 7 nitrogen and oxygen atoms in total. The number of hydrogen-bond acceptors (Lipinski definition) is 6. The van der Waals surface area contributed by atoms with Crippen molar-refractivity contribution in [1.82, 2.24) is 5.32 Å². The molecule has 1 atom stereocenters. The smallest absolute Gasteiger partial charge is 0.349 e. The van der Waals surface area contributed by atoms with Gasteiger partial charge in [0.2, 0.25) is 10.0 Å². The average Bonchev–Trinajstić information content (AvgIpc) is 3.24. The van der Waals surface area contributed by atoms with E-state index in [1.807, 2.05) is 0 Å². The highest BCUT2D eigenvalue weighted by atomic mass is 32.2. The van der Waals surface area contributed by atoms with Gasteiger partial charge in [0.1, 0.15) is 10.7 Å². The molecule has 1 unspecified atom stereocenters. The minimum atomic E-state index is -3.75. The third-order valence-corrected chi connectivity index (χ3v) is 6.60. The average molecular weight is 477 g/mol. The fourth-order valence-corrected chi connectivity index (χ4v) is 4.22. The van der Waals surface area contributed by atoms with Crippen LogP contribution in [0, 0.1) is 5.82 Å². The summed E-state index contributed by atoms with van der Waals surface area (Å²) < 4.78 is 40.8. The maximum atomic E-state index is 13.1. The highest BCUT2D eigenvalue weighted by Crippen LogP contribution is 2.28. The summed E-state index contributed by atoms with van der Waals surface area (Å²) >= 11 is 1.19. The van der Waals surface area contributed by atoms with Gasteiger partial charge < -0.3 is 10.1 Å². The van der Waals surface area contributed by atoms with Crippen LogP contribution in [0.3, 0.4) is 0 Å². The van der Waals surface area contributed by atoms with Crippen LogP contribution in [0.15, 0.2) is 65.6 Å². The van der Waals surface area contributed by atoms with Gasteiger partial charge in [-0.25, -0.2) is 22.7 Å². The largest absolute Gasteiger partial charge is 0.448 e. The molecule has 0 aliphatic rings. The van der Waals surface area contributed by atoms with Crippen LogP contribution in [-0.4, -0.2) is 32.9 Å². The monoisotopic (exact) mass is 476 g/mol. The van der Waals surface area contributed by atoms with E-state index in [1.54, 1.807) is 36.4 Å². The Kier molecular flexibility index (Phi) is 7.39. The maximum Gasteiger partial charge on any atom is 0.349 e. The van der Waals surface area contributed by atoms with Crippen molar-refractivity contribution >= 4 is 33.2 Å². The topological polar surface area (TPSA) is 116 Å². The number of nitrogens with one attached hydrogen (secondary N) is 1. The van der Waals surface area contributed by atoms with E-state index in [2.05, 4.69) is 5.32 Å². The molecule has 0 bridgehead atoms. The summed E-state index contributed by atoms with van der Waals surface area (Å²) in [5, 5.41) is 7.74. The molecule has 0 aliphatic carbocycles. The van der Waals surface area contributed by atoms with Gasteiger partial charge in [0.15, 0.2) is 6.10 Å². The van der Waals surface area contributed by atoms with Crippen LogP contribution >= 0.6 is 11.3 Å². The van der Waals surface area contributed by atoms with Crippen molar-refractivity contribution in [3.05, 3.63) is 76.9 Å². The molecule has 0 aliphatic heterocycles. The zero-order valence-corrected chi connectivity index (χ0v) is 18.7. The summed E-state index contributed by atoms with van der Waals surface area (Å²) in [5.41, 5.74) is 1.59. The van der Waals surface area contributed by atoms with Gasteiger partial charge in [-0.1, -0.05) is 24.3 Å². The quantitative estimate of drug-likeness (QED) is 0.485. The lowest BCUT2D eigenvalue weighted by Gasteiger charge is -2.13. The van der Waals surface area contributed by atoms with Gasteiger partial charge >= 0.3 is 5.97 Å². The summed E-state index contributed by atoms with van der Waals surface area (Å²) in [4.78, 5) is 25.7. The SMILES string of the molecule is CC(OC(=O)c1ccc(-c2ccc(F)cc2)s1)C(=O)NCCc1ccc(S(N)(=O)=O)cc1. The zero-order valence-electron chi connectivity index (χ0n) is 17.1. The van der Waals surface area contributed by atoms with Gasteiger partial charge in [-0.3, -0.25) is 4.79 Å². The molecule has 3 aromatic rings. The Morgan fingerprint density at radius 1 is 1.06 bits per heavy atom. The number of primary sulfonamides is 1. The number of thiophene rings is 1. The molecular formula is C22H21FN2O5S2. The number of amides is 1. The van der Waals surface area contributed by atoms with Crippen LogP contribution < -0.4 is 10.5 Å². The van der Waals surface area contributed by atoms with E-state index in [4.69, 9.17) is 9.88 Å². The lowest BCUT2D eigenvalue weighted by atomic mass is 10.1. The Labute approximate surface area is 189 Å². The van der Waals surface area contributed by atoms with Crippen molar-refractivity contribution in [1.29, 1.82) is 0 Å². The van der Waals surface area contributed by atoms with E-state index in [0.717, 1.165) is 16.0 Å². The summed E-state index contributed by atoms with van der Waals surface area (Å²) in [6.45, 7) is 1.76. The number of benzene rings is 2. The number of sulfonamides is 1. The minimum Gasteiger partial charge on any atom is -0.448 e. The number of rotatable bonds is 8. The fourth-order valence-electron chi connectivity index (χ4n) is 2.81. The molecule has 1 aromatic heterocycles. The van der Waals surface area contributed by atoms with Crippen LogP contribution in [0.5, 0.6) is 0 Å². The van der Waals surface area contributed by atoms with Crippen LogP contribution in [0.4, 0.5) is 4.39 Å². The fraction of sp³-hybridized carbons (Fsp3) is 0.182. The summed E-state index contributed by atoms with van der Waals surface area (Å²) in [6, 6.07) is 15.3. The van der Waals surface area contributed by atoms with Crippen molar-refractivity contribution in [2.24, 2.45) is 5.14 Å². The third-order valence-electron chi connectivity index (χ3n) is 4.55. The molecule has 32 heavy (non-hydrogen) atoms. The second-order valence-electron chi connectivity index (χ2n) is 6.95. The molecule has 1 heterocycles. The lowest BCUT2D eigenvalue weighted by molar-refractivity contribution is -0.129. The molecule has 3 rings (SSSR count). The van der Waals surface area contributed by atoms with Crippen molar-refractivity contribution in [2.45, 2.75) is 24.3 Å². The Morgan fingerprint density at radius 3 is 2.34 bits per heavy atom. The number of nitrogens with two attached hydrogens (primary N) is 1. The van der Waals surface area contributed by atoms with Gasteiger partial charge in [-0.15, -0.1) is 11.3 Å². The Morgan fingerprint density at radius 2 is 1.72 bits per heavy atom. The molecule has 0 saturated heterocycles. The molecule has 0 radical (unpaired) electrons. The Balaban J connectivity index is 1.49. The first-order valence-electron chi connectivity index (χ1n) is 9.60. The van der Waals surface area contributed by atoms with E-state index >= 15 is 0 Å². The number of carbonyl (C=O) groups is 2. The zero-order chi connectivity index (χ0) is 23.3. The maximum absolute atomic E-state index is 13.1.